The number of sulfonamides is 1. The van der Waals surface area contributed by atoms with Gasteiger partial charge in [0.25, 0.3) is 0 Å². The number of amides is 1. The predicted molar refractivity (Wildman–Crippen MR) is 122 cm³/mol. The van der Waals surface area contributed by atoms with Crippen molar-refractivity contribution in [2.45, 2.75) is 30.7 Å². The summed E-state index contributed by atoms with van der Waals surface area (Å²) in [6.07, 6.45) is 1.11. The summed E-state index contributed by atoms with van der Waals surface area (Å²) < 4.78 is 33.5. The molecule has 0 fully saturated rings. The smallest absolute Gasteiger partial charge is 0.242 e. The number of ether oxygens (including phenoxy) is 1. The molecule has 0 aromatic heterocycles. The fourth-order valence-corrected chi connectivity index (χ4v) is 4.30. The molecule has 0 aliphatic carbocycles. The lowest BCUT2D eigenvalue weighted by Gasteiger charge is -2.19. The first-order valence-electron chi connectivity index (χ1n) is 10.0. The Morgan fingerprint density at radius 1 is 0.903 bits per heavy atom. The predicted octanol–water partition coefficient (Wildman–Crippen LogP) is 3.79. The van der Waals surface area contributed by atoms with Crippen LogP contribution in [0.4, 0.5) is 5.69 Å². The molecule has 0 heterocycles. The van der Waals surface area contributed by atoms with E-state index >= 15 is 0 Å². The highest BCUT2D eigenvalue weighted by atomic mass is 32.2. The number of carbonyl (C=O) groups excluding carboxylic acids is 1. The second-order valence-corrected chi connectivity index (χ2v) is 8.79. The minimum atomic E-state index is -3.92. The molecule has 6 nitrogen and oxygen atoms in total. The van der Waals surface area contributed by atoms with Gasteiger partial charge in [0.1, 0.15) is 11.8 Å². The number of benzene rings is 3. The first kappa shape index (κ1) is 22.5. The number of rotatable bonds is 9. The first-order chi connectivity index (χ1) is 14.9. The van der Waals surface area contributed by atoms with Crippen molar-refractivity contribution in [2.24, 2.45) is 0 Å². The summed E-state index contributed by atoms with van der Waals surface area (Å²) in [5, 5.41) is 2.82. The number of hydrogen-bond acceptors (Lipinski definition) is 4. The zero-order chi connectivity index (χ0) is 22.3. The molecule has 7 heteroatoms. The monoisotopic (exact) mass is 438 g/mol. The molecule has 3 aromatic rings. The highest BCUT2D eigenvalue weighted by Gasteiger charge is 2.26. The Balaban J connectivity index is 1.83. The van der Waals surface area contributed by atoms with Crippen LogP contribution in [0.2, 0.25) is 0 Å². The molecule has 3 aromatic carbocycles. The van der Waals surface area contributed by atoms with Gasteiger partial charge in [-0.3, -0.25) is 4.79 Å². The third-order valence-electron chi connectivity index (χ3n) is 4.90. The Bertz CT molecular complexity index is 1100. The molecule has 0 aliphatic rings. The molecule has 1 amide bonds. The van der Waals surface area contributed by atoms with E-state index in [-0.39, 0.29) is 11.3 Å². The molecular weight excluding hydrogens is 412 g/mol. The van der Waals surface area contributed by atoms with Crippen LogP contribution in [0.15, 0.2) is 83.8 Å². The van der Waals surface area contributed by atoms with Crippen molar-refractivity contribution in [1.82, 2.24) is 4.72 Å². The second-order valence-electron chi connectivity index (χ2n) is 7.08. The van der Waals surface area contributed by atoms with Crippen molar-refractivity contribution in [1.29, 1.82) is 0 Å². The van der Waals surface area contributed by atoms with Crippen molar-refractivity contribution in [3.63, 3.8) is 0 Å². The zero-order valence-electron chi connectivity index (χ0n) is 17.5. The van der Waals surface area contributed by atoms with E-state index in [1.54, 1.807) is 12.1 Å². The molecule has 1 unspecified atom stereocenters. The van der Waals surface area contributed by atoms with Crippen molar-refractivity contribution >= 4 is 21.6 Å². The number of nitrogens with one attached hydrogen (secondary N) is 2. The SMILES string of the molecule is CCc1ccc(NC(=O)C(Cc2ccccc2)NS(=O)(=O)c2ccc(OC)cc2)cc1. The standard InChI is InChI=1S/C24H26N2O4S/c1-3-18-9-11-20(12-10-18)25-24(27)23(17-19-7-5-4-6-8-19)26-31(28,29)22-15-13-21(30-2)14-16-22/h4-16,23,26H,3,17H2,1-2H3,(H,25,27). The van der Waals surface area contributed by atoms with Crippen molar-refractivity contribution in [3.8, 4) is 5.75 Å². The molecule has 3 rings (SSSR count). The molecule has 2 N–H and O–H groups in total. The van der Waals surface area contributed by atoms with Crippen molar-refractivity contribution in [3.05, 3.63) is 90.0 Å². The van der Waals surface area contributed by atoms with Crippen molar-refractivity contribution < 1.29 is 17.9 Å². The number of methoxy groups -OCH3 is 1. The molecule has 0 aliphatic heterocycles. The molecule has 1 atom stereocenters. The Morgan fingerprint density at radius 2 is 1.55 bits per heavy atom. The minimum absolute atomic E-state index is 0.0615. The lowest BCUT2D eigenvalue weighted by Crippen LogP contribution is -2.45. The minimum Gasteiger partial charge on any atom is -0.497 e. The molecule has 31 heavy (non-hydrogen) atoms. The van der Waals surface area contributed by atoms with E-state index in [1.165, 1.54) is 19.2 Å². The van der Waals surface area contributed by atoms with Gasteiger partial charge in [-0.1, -0.05) is 49.4 Å². The molecule has 162 valence electrons. The quantitative estimate of drug-likeness (QED) is 0.532. The number of carbonyl (C=O) groups is 1. The molecule has 0 saturated heterocycles. The summed E-state index contributed by atoms with van der Waals surface area (Å²) in [5.41, 5.74) is 2.62. The van der Waals surface area contributed by atoms with Gasteiger partial charge in [-0.2, -0.15) is 4.72 Å². The summed E-state index contributed by atoms with van der Waals surface area (Å²) in [6.45, 7) is 2.05. The van der Waals surface area contributed by atoms with E-state index in [4.69, 9.17) is 4.74 Å². The topological polar surface area (TPSA) is 84.5 Å². The fourth-order valence-electron chi connectivity index (χ4n) is 3.10. The number of anilines is 1. The van der Waals surface area contributed by atoms with Crippen molar-refractivity contribution in [2.75, 3.05) is 12.4 Å². The molecule has 0 spiro atoms. The molecule has 0 radical (unpaired) electrons. The van der Waals surface area contributed by atoms with Crippen LogP contribution in [0.3, 0.4) is 0 Å². The van der Waals surface area contributed by atoms with E-state index in [9.17, 15) is 13.2 Å². The van der Waals surface area contributed by atoms with Gasteiger partial charge in [0, 0.05) is 5.69 Å². The third-order valence-corrected chi connectivity index (χ3v) is 6.38. The van der Waals surface area contributed by atoms with Gasteiger partial charge in [0.15, 0.2) is 0 Å². The summed E-state index contributed by atoms with van der Waals surface area (Å²) in [4.78, 5) is 13.1. The van der Waals surface area contributed by atoms with Crippen LogP contribution < -0.4 is 14.8 Å². The first-order valence-corrected chi connectivity index (χ1v) is 11.5. The van der Waals surface area contributed by atoms with E-state index in [0.717, 1.165) is 17.5 Å². The Labute approximate surface area is 183 Å². The zero-order valence-corrected chi connectivity index (χ0v) is 18.4. The highest BCUT2D eigenvalue weighted by Crippen LogP contribution is 2.17. The third kappa shape index (κ3) is 6.16. The van der Waals surface area contributed by atoms with E-state index in [2.05, 4.69) is 17.0 Å². The van der Waals surface area contributed by atoms with Crippen LogP contribution >= 0.6 is 0 Å². The van der Waals surface area contributed by atoms with Gasteiger partial charge in [-0.15, -0.1) is 0 Å². The fraction of sp³-hybridized carbons (Fsp3) is 0.208. The summed E-state index contributed by atoms with van der Waals surface area (Å²) in [7, 11) is -2.41. The Kier molecular flexibility index (Phi) is 7.44. The van der Waals surface area contributed by atoms with Crippen LogP contribution in [-0.2, 0) is 27.7 Å². The molecule has 0 saturated carbocycles. The van der Waals surface area contributed by atoms with E-state index in [1.807, 2.05) is 54.6 Å². The highest BCUT2D eigenvalue weighted by molar-refractivity contribution is 7.89. The molecule has 0 bridgehead atoms. The summed E-state index contributed by atoms with van der Waals surface area (Å²) in [5.74, 6) is 0.123. The largest absolute Gasteiger partial charge is 0.497 e. The molecular formula is C24H26N2O4S. The van der Waals surface area contributed by atoms with Gasteiger partial charge in [0.2, 0.25) is 15.9 Å². The van der Waals surface area contributed by atoms with Crippen LogP contribution in [0.1, 0.15) is 18.1 Å². The maximum atomic E-state index is 13.0. The Morgan fingerprint density at radius 3 is 2.13 bits per heavy atom. The summed E-state index contributed by atoms with van der Waals surface area (Å²) in [6, 6.07) is 21.8. The van der Waals surface area contributed by atoms with E-state index in [0.29, 0.717) is 11.4 Å². The average molecular weight is 439 g/mol. The van der Waals surface area contributed by atoms with Gasteiger partial charge in [-0.25, -0.2) is 8.42 Å². The normalized spacial score (nSPS) is 12.2. The number of aryl methyl sites for hydroxylation is 1. The summed E-state index contributed by atoms with van der Waals surface area (Å²) >= 11 is 0. The van der Waals surface area contributed by atoms with Crippen LogP contribution in [0.5, 0.6) is 5.75 Å². The van der Waals surface area contributed by atoms with Gasteiger partial charge in [0.05, 0.1) is 12.0 Å². The Hall–Kier alpha value is -3.16. The lowest BCUT2D eigenvalue weighted by molar-refractivity contribution is -0.117. The van der Waals surface area contributed by atoms with Crippen LogP contribution in [0.25, 0.3) is 0 Å². The van der Waals surface area contributed by atoms with Crippen LogP contribution in [-0.4, -0.2) is 27.5 Å². The number of hydrogen-bond donors (Lipinski definition) is 2. The average Bonchev–Trinajstić information content (AvgIpc) is 2.79. The maximum Gasteiger partial charge on any atom is 0.242 e. The lowest BCUT2D eigenvalue weighted by atomic mass is 10.1. The van der Waals surface area contributed by atoms with E-state index < -0.39 is 22.0 Å². The maximum absolute atomic E-state index is 13.0. The van der Waals surface area contributed by atoms with Gasteiger partial charge < -0.3 is 10.1 Å². The van der Waals surface area contributed by atoms with Gasteiger partial charge >= 0.3 is 0 Å². The second kappa shape index (κ2) is 10.2. The van der Waals surface area contributed by atoms with Crippen LogP contribution in [0, 0.1) is 0 Å². The van der Waals surface area contributed by atoms with Gasteiger partial charge in [-0.05, 0) is 60.4 Å².